The number of carbonyl (C=O) groups is 4. The molecular weight excluding hydrogens is 458 g/mol. The van der Waals surface area contributed by atoms with Gasteiger partial charge in [-0.2, -0.15) is 0 Å². The minimum absolute atomic E-state index is 0.00968. The molecule has 9 nitrogen and oxygen atoms in total. The van der Waals surface area contributed by atoms with Gasteiger partial charge in [-0.25, -0.2) is 0 Å². The van der Waals surface area contributed by atoms with Crippen LogP contribution in [0.4, 0.5) is 0 Å². The average molecular weight is 496 g/mol. The monoisotopic (exact) mass is 495 g/mol. The molecule has 1 saturated heterocycles. The van der Waals surface area contributed by atoms with Crippen molar-refractivity contribution in [2.75, 3.05) is 0 Å². The molecule has 34 heavy (non-hydrogen) atoms. The molecule has 0 radical (unpaired) electrons. The number of hydrogen-bond donors (Lipinski definition) is 5. The molecule has 1 aliphatic heterocycles. The van der Waals surface area contributed by atoms with Crippen molar-refractivity contribution in [1.82, 2.24) is 10.6 Å². The second kappa shape index (κ2) is 12.8. The maximum absolute atomic E-state index is 12.2. The first-order valence-electron chi connectivity index (χ1n) is 11.2. The molecule has 1 aromatic rings. The van der Waals surface area contributed by atoms with Gasteiger partial charge in [0, 0.05) is 15.9 Å². The highest BCUT2D eigenvalue weighted by molar-refractivity contribution is 8.03. The highest BCUT2D eigenvalue weighted by Gasteiger charge is 2.54. The van der Waals surface area contributed by atoms with Crippen molar-refractivity contribution in [2.24, 2.45) is 5.73 Å². The molecule has 2 amide bonds. The van der Waals surface area contributed by atoms with Crippen LogP contribution < -0.4 is 16.4 Å². The number of carboxylic acid groups (broad SMARTS) is 2. The smallest absolute Gasteiger partial charge is 0.305 e. The van der Waals surface area contributed by atoms with Crippen molar-refractivity contribution in [3.8, 4) is 0 Å². The number of benzene rings is 1. The quantitative estimate of drug-likeness (QED) is 0.330. The zero-order chi connectivity index (χ0) is 26.1. The molecule has 10 heteroatoms. The first-order chi connectivity index (χ1) is 15.7. The Bertz CT molecular complexity index is 846. The molecule has 190 valence electrons. The molecule has 1 aromatic carbocycles. The molecule has 0 bridgehead atoms. The summed E-state index contributed by atoms with van der Waals surface area (Å²) >= 11 is 1.79. The molecule has 1 aliphatic rings. The Labute approximate surface area is 205 Å². The lowest BCUT2D eigenvalue weighted by Gasteiger charge is -2.57. The van der Waals surface area contributed by atoms with E-state index in [9.17, 15) is 19.2 Å². The van der Waals surface area contributed by atoms with E-state index in [4.69, 9.17) is 15.9 Å². The molecule has 2 rings (SSSR count). The number of amides is 2. The van der Waals surface area contributed by atoms with Gasteiger partial charge in [0.25, 0.3) is 0 Å². The van der Waals surface area contributed by atoms with Crippen LogP contribution in [0, 0.1) is 0 Å². The van der Waals surface area contributed by atoms with Crippen molar-refractivity contribution in [3.05, 3.63) is 35.9 Å². The van der Waals surface area contributed by atoms with E-state index in [2.05, 4.69) is 38.3 Å². The first kappa shape index (κ1) is 29.4. The summed E-state index contributed by atoms with van der Waals surface area (Å²) in [5, 5.41) is 22.4. The topological polar surface area (TPSA) is 159 Å². The molecule has 1 fully saturated rings. The van der Waals surface area contributed by atoms with Crippen molar-refractivity contribution in [3.63, 3.8) is 0 Å². The predicted octanol–water partition coefficient (Wildman–Crippen LogP) is 2.18. The zero-order valence-electron chi connectivity index (χ0n) is 20.5. The Balaban J connectivity index is 0.000000404. The third-order valence-electron chi connectivity index (χ3n) is 5.39. The summed E-state index contributed by atoms with van der Waals surface area (Å²) < 4.78 is -0.134. The van der Waals surface area contributed by atoms with E-state index in [1.165, 1.54) is 5.56 Å². The molecule has 0 spiro atoms. The van der Waals surface area contributed by atoms with Gasteiger partial charge in [-0.1, -0.05) is 30.3 Å². The number of nitrogens with two attached hydrogens (primary N) is 1. The Morgan fingerprint density at radius 3 is 2.03 bits per heavy atom. The number of thioether (sulfide) groups is 1. The van der Waals surface area contributed by atoms with Crippen molar-refractivity contribution in [1.29, 1.82) is 0 Å². The van der Waals surface area contributed by atoms with E-state index >= 15 is 0 Å². The number of rotatable bonds is 10. The molecule has 1 heterocycles. The standard InChI is InChI=1S/C14H25N3O4S.C10H12O2/c1-7(16-11(21)8(15)6-9(18)19)10(20)17-12-13(2,3)22-14(12,4)5;11-10(12)8-4-7-9-5-2-1-3-6-9/h7-8,12H,6,15H2,1-5H3,(H,16,21)(H,17,20)(H,18,19);1-3,5-6H,4,7-8H2,(H,11,12)/t7-,8+;/m1./s1. The lowest BCUT2D eigenvalue weighted by Crippen LogP contribution is -2.68. The Hall–Kier alpha value is -2.59. The van der Waals surface area contributed by atoms with Crippen LogP contribution in [0.2, 0.25) is 0 Å². The largest absolute Gasteiger partial charge is 0.481 e. The fourth-order valence-corrected chi connectivity index (χ4v) is 6.06. The van der Waals surface area contributed by atoms with Crippen LogP contribution in [0.5, 0.6) is 0 Å². The number of hydrogen-bond acceptors (Lipinski definition) is 6. The van der Waals surface area contributed by atoms with Gasteiger partial charge >= 0.3 is 11.9 Å². The van der Waals surface area contributed by atoms with Gasteiger partial charge in [-0.05, 0) is 53.0 Å². The van der Waals surface area contributed by atoms with Gasteiger partial charge in [0.15, 0.2) is 0 Å². The molecule has 0 aliphatic carbocycles. The number of carboxylic acids is 2. The maximum Gasteiger partial charge on any atom is 0.305 e. The number of aliphatic carboxylic acids is 2. The summed E-state index contributed by atoms with van der Waals surface area (Å²) in [4.78, 5) is 44.7. The van der Waals surface area contributed by atoms with Crippen LogP contribution in [-0.4, -0.2) is 61.6 Å². The molecule has 0 aromatic heterocycles. The van der Waals surface area contributed by atoms with Crippen LogP contribution in [0.25, 0.3) is 0 Å². The molecular formula is C24H37N3O6S. The molecule has 0 saturated carbocycles. The average Bonchev–Trinajstić information content (AvgIpc) is 2.71. The maximum atomic E-state index is 12.2. The van der Waals surface area contributed by atoms with E-state index < -0.39 is 36.4 Å². The van der Waals surface area contributed by atoms with E-state index in [0.29, 0.717) is 0 Å². The highest BCUT2D eigenvalue weighted by atomic mass is 32.2. The number of nitrogens with one attached hydrogen (secondary N) is 2. The minimum atomic E-state index is -1.17. The lowest BCUT2D eigenvalue weighted by atomic mass is 9.89. The molecule has 2 atom stereocenters. The Morgan fingerprint density at radius 1 is 1.00 bits per heavy atom. The summed E-state index contributed by atoms with van der Waals surface area (Å²) in [7, 11) is 0. The summed E-state index contributed by atoms with van der Waals surface area (Å²) in [5.41, 5.74) is 6.67. The van der Waals surface area contributed by atoms with Crippen LogP contribution >= 0.6 is 11.8 Å². The molecule has 0 unspecified atom stereocenters. The number of carbonyl (C=O) groups excluding carboxylic acids is 2. The van der Waals surface area contributed by atoms with Gasteiger partial charge < -0.3 is 26.6 Å². The third kappa shape index (κ3) is 9.72. The van der Waals surface area contributed by atoms with Gasteiger partial charge in [-0.15, -0.1) is 11.8 Å². The van der Waals surface area contributed by atoms with E-state index in [1.54, 1.807) is 18.7 Å². The van der Waals surface area contributed by atoms with Gasteiger partial charge in [0.05, 0.1) is 18.5 Å². The highest BCUT2D eigenvalue weighted by Crippen LogP contribution is 2.54. The van der Waals surface area contributed by atoms with Crippen molar-refractivity contribution < 1.29 is 29.4 Å². The van der Waals surface area contributed by atoms with Gasteiger partial charge in [-0.3, -0.25) is 19.2 Å². The minimum Gasteiger partial charge on any atom is -0.481 e. The van der Waals surface area contributed by atoms with E-state index in [1.807, 2.05) is 30.3 Å². The fourth-order valence-electron chi connectivity index (χ4n) is 3.94. The van der Waals surface area contributed by atoms with Gasteiger partial charge in [0.2, 0.25) is 11.8 Å². The van der Waals surface area contributed by atoms with E-state index in [-0.39, 0.29) is 27.9 Å². The predicted molar refractivity (Wildman–Crippen MR) is 133 cm³/mol. The SMILES string of the molecule is C[C@@H](NC(=O)[C@@H](N)CC(=O)O)C(=O)NC1C(C)(C)SC1(C)C.O=C(O)CCCc1ccccc1. The zero-order valence-corrected chi connectivity index (χ0v) is 21.3. The van der Waals surface area contributed by atoms with Crippen LogP contribution in [0.1, 0.15) is 59.4 Å². The Kier molecular flexibility index (Phi) is 11.0. The van der Waals surface area contributed by atoms with Crippen LogP contribution in [0.3, 0.4) is 0 Å². The van der Waals surface area contributed by atoms with E-state index in [0.717, 1.165) is 12.8 Å². The van der Waals surface area contributed by atoms with Crippen molar-refractivity contribution in [2.45, 2.75) is 87.9 Å². The number of aryl methyl sites for hydroxylation is 1. The second-order valence-corrected chi connectivity index (χ2v) is 11.7. The van der Waals surface area contributed by atoms with Crippen molar-refractivity contribution >= 4 is 35.5 Å². The van der Waals surface area contributed by atoms with Crippen LogP contribution in [0.15, 0.2) is 30.3 Å². The third-order valence-corrected chi connectivity index (χ3v) is 6.91. The summed E-state index contributed by atoms with van der Waals surface area (Å²) in [6.45, 7) is 9.77. The lowest BCUT2D eigenvalue weighted by molar-refractivity contribution is -0.139. The Morgan fingerprint density at radius 2 is 1.56 bits per heavy atom. The summed E-state index contributed by atoms with van der Waals surface area (Å²) in [6, 6.07) is 7.98. The normalized spacial score (nSPS) is 17.7. The molecule has 6 N–H and O–H groups in total. The van der Waals surface area contributed by atoms with Crippen LogP contribution in [-0.2, 0) is 25.6 Å². The summed E-state index contributed by atoms with van der Waals surface area (Å²) in [5.74, 6) is -2.82. The summed E-state index contributed by atoms with van der Waals surface area (Å²) in [6.07, 6.45) is 1.36. The fraction of sp³-hybridized carbons (Fsp3) is 0.583. The second-order valence-electron chi connectivity index (χ2n) is 9.42. The first-order valence-corrected chi connectivity index (χ1v) is 12.0. The van der Waals surface area contributed by atoms with Gasteiger partial charge in [0.1, 0.15) is 6.04 Å².